The summed E-state index contributed by atoms with van der Waals surface area (Å²) in [7, 11) is 0. The minimum Gasteiger partial charge on any atom is -0.352 e. The van der Waals surface area contributed by atoms with Crippen molar-refractivity contribution in [2.75, 3.05) is 18.2 Å². The van der Waals surface area contributed by atoms with E-state index in [0.717, 1.165) is 0 Å². The highest BCUT2D eigenvalue weighted by Crippen LogP contribution is 2.27. The lowest BCUT2D eigenvalue weighted by molar-refractivity contribution is -0.144. The van der Waals surface area contributed by atoms with Crippen LogP contribution in [-0.4, -0.2) is 46.5 Å². The molecule has 1 saturated heterocycles. The van der Waals surface area contributed by atoms with Gasteiger partial charge in [0.15, 0.2) is 0 Å². The predicted molar refractivity (Wildman–Crippen MR) is 78.7 cm³/mol. The van der Waals surface area contributed by atoms with Gasteiger partial charge >= 0.3 is 0 Å². The van der Waals surface area contributed by atoms with E-state index in [0.29, 0.717) is 18.2 Å². The fourth-order valence-electron chi connectivity index (χ4n) is 1.72. The first-order valence-electron chi connectivity index (χ1n) is 6.48. The van der Waals surface area contributed by atoms with Crippen LogP contribution in [0.25, 0.3) is 0 Å². The molecule has 0 aromatic heterocycles. The lowest BCUT2D eigenvalue weighted by atomic mass is 9.94. The number of nitrogens with zero attached hydrogens (tertiary/aromatic N) is 1. The van der Waals surface area contributed by atoms with Crippen molar-refractivity contribution < 1.29 is 9.59 Å². The van der Waals surface area contributed by atoms with Gasteiger partial charge in [-0.3, -0.25) is 9.59 Å². The molecule has 110 valence electrons. The molecule has 2 amide bonds. The molecule has 19 heavy (non-hydrogen) atoms. The van der Waals surface area contributed by atoms with Crippen LogP contribution in [0.4, 0.5) is 0 Å². The molecule has 1 rings (SSSR count). The number of nitrogens with one attached hydrogen (secondary N) is 1. The van der Waals surface area contributed by atoms with E-state index >= 15 is 0 Å². The van der Waals surface area contributed by atoms with E-state index in [2.05, 4.69) is 5.32 Å². The van der Waals surface area contributed by atoms with Gasteiger partial charge in [-0.2, -0.15) is 0 Å². The van der Waals surface area contributed by atoms with E-state index in [1.807, 2.05) is 34.6 Å². The van der Waals surface area contributed by atoms with Crippen molar-refractivity contribution in [3.8, 4) is 0 Å². The molecule has 0 saturated carbocycles. The molecular formula is C13H25N3O2S. The standard InChI is InChI=1S/C13H25N3O2S/c1-12(2,3)11(18)16-8-19-6-9(16)10(17)15-7-13(4,5)14/h9H,6-8,14H2,1-5H3,(H,15,17). The molecule has 0 aromatic rings. The lowest BCUT2D eigenvalue weighted by Crippen LogP contribution is -2.53. The summed E-state index contributed by atoms with van der Waals surface area (Å²) in [5.74, 6) is 1.14. The molecule has 0 bridgehead atoms. The van der Waals surface area contributed by atoms with Crippen LogP contribution in [0.1, 0.15) is 34.6 Å². The van der Waals surface area contributed by atoms with Gasteiger partial charge in [-0.15, -0.1) is 11.8 Å². The smallest absolute Gasteiger partial charge is 0.243 e. The Hall–Kier alpha value is -0.750. The number of thioether (sulfide) groups is 1. The summed E-state index contributed by atoms with van der Waals surface area (Å²) >= 11 is 1.61. The molecule has 1 heterocycles. The third-order valence-electron chi connectivity index (χ3n) is 2.81. The normalized spacial score (nSPS) is 20.5. The first-order chi connectivity index (χ1) is 8.52. The van der Waals surface area contributed by atoms with Gasteiger partial charge in [-0.05, 0) is 13.8 Å². The van der Waals surface area contributed by atoms with Crippen molar-refractivity contribution in [2.45, 2.75) is 46.2 Å². The van der Waals surface area contributed by atoms with Gasteiger partial charge in [0.1, 0.15) is 6.04 Å². The van der Waals surface area contributed by atoms with Crippen LogP contribution in [0.15, 0.2) is 0 Å². The summed E-state index contributed by atoms with van der Waals surface area (Å²) in [6.45, 7) is 9.73. The molecule has 0 spiro atoms. The highest BCUT2D eigenvalue weighted by atomic mass is 32.2. The van der Waals surface area contributed by atoms with Gasteiger partial charge in [-0.25, -0.2) is 0 Å². The van der Waals surface area contributed by atoms with E-state index in [-0.39, 0.29) is 17.9 Å². The number of hydrogen-bond donors (Lipinski definition) is 2. The molecule has 3 N–H and O–H groups in total. The van der Waals surface area contributed by atoms with E-state index in [9.17, 15) is 9.59 Å². The zero-order valence-corrected chi connectivity index (χ0v) is 13.3. The van der Waals surface area contributed by atoms with Crippen LogP contribution in [0.5, 0.6) is 0 Å². The van der Waals surface area contributed by atoms with Gasteiger partial charge < -0.3 is 16.0 Å². The summed E-state index contributed by atoms with van der Waals surface area (Å²) in [6.07, 6.45) is 0. The number of hydrogen-bond acceptors (Lipinski definition) is 4. The quantitative estimate of drug-likeness (QED) is 0.804. The molecule has 0 aliphatic carbocycles. The van der Waals surface area contributed by atoms with Crippen molar-refractivity contribution in [2.24, 2.45) is 11.1 Å². The monoisotopic (exact) mass is 287 g/mol. The second kappa shape index (κ2) is 5.71. The molecule has 0 radical (unpaired) electrons. The maximum absolute atomic E-state index is 12.3. The Morgan fingerprint density at radius 3 is 2.37 bits per heavy atom. The molecule has 1 aliphatic heterocycles. The number of carbonyl (C=O) groups excluding carboxylic acids is 2. The van der Waals surface area contributed by atoms with Gasteiger partial charge in [0.05, 0.1) is 5.88 Å². The minimum absolute atomic E-state index is 0.0182. The Kier molecular flexibility index (Phi) is 4.90. The van der Waals surface area contributed by atoms with E-state index in [4.69, 9.17) is 5.73 Å². The van der Waals surface area contributed by atoms with Crippen molar-refractivity contribution in [1.82, 2.24) is 10.2 Å². The lowest BCUT2D eigenvalue weighted by Gasteiger charge is -2.30. The molecular weight excluding hydrogens is 262 g/mol. The molecule has 1 unspecified atom stereocenters. The first kappa shape index (κ1) is 16.3. The van der Waals surface area contributed by atoms with Crippen molar-refractivity contribution in [1.29, 1.82) is 0 Å². The van der Waals surface area contributed by atoms with E-state index < -0.39 is 11.0 Å². The summed E-state index contributed by atoms with van der Waals surface area (Å²) in [5, 5.41) is 2.83. The number of rotatable bonds is 3. The Labute approximate surface area is 119 Å². The Balaban J connectivity index is 2.66. The summed E-state index contributed by atoms with van der Waals surface area (Å²) in [4.78, 5) is 26.1. The fraction of sp³-hybridized carbons (Fsp3) is 0.846. The van der Waals surface area contributed by atoms with Crippen LogP contribution >= 0.6 is 11.8 Å². The maximum Gasteiger partial charge on any atom is 0.243 e. The van der Waals surface area contributed by atoms with Crippen molar-refractivity contribution in [3.63, 3.8) is 0 Å². The highest BCUT2D eigenvalue weighted by Gasteiger charge is 2.39. The summed E-state index contributed by atoms with van der Waals surface area (Å²) in [5.41, 5.74) is 4.94. The third-order valence-corrected chi connectivity index (χ3v) is 3.82. The van der Waals surface area contributed by atoms with E-state index in [1.165, 1.54) is 0 Å². The van der Waals surface area contributed by atoms with Crippen LogP contribution in [0.2, 0.25) is 0 Å². The van der Waals surface area contributed by atoms with Gasteiger partial charge in [0.2, 0.25) is 11.8 Å². The van der Waals surface area contributed by atoms with Crippen LogP contribution in [-0.2, 0) is 9.59 Å². The van der Waals surface area contributed by atoms with Gasteiger partial charge in [0.25, 0.3) is 0 Å². The Morgan fingerprint density at radius 2 is 1.89 bits per heavy atom. The maximum atomic E-state index is 12.3. The Bertz CT molecular complexity index is 358. The SMILES string of the molecule is CC(C)(N)CNC(=O)C1CSCN1C(=O)C(C)(C)C. The topological polar surface area (TPSA) is 75.4 Å². The zero-order chi connectivity index (χ0) is 14.8. The molecule has 0 aromatic carbocycles. The van der Waals surface area contributed by atoms with E-state index in [1.54, 1.807) is 16.7 Å². The summed E-state index contributed by atoms with van der Waals surface area (Å²) in [6, 6.07) is -0.376. The van der Waals surface area contributed by atoms with Gasteiger partial charge in [0, 0.05) is 23.3 Å². The number of nitrogens with two attached hydrogens (primary N) is 1. The molecule has 1 fully saturated rings. The average molecular weight is 287 g/mol. The highest BCUT2D eigenvalue weighted by molar-refractivity contribution is 7.99. The minimum atomic E-state index is -0.462. The average Bonchev–Trinajstić information content (AvgIpc) is 2.71. The first-order valence-corrected chi connectivity index (χ1v) is 7.63. The number of carbonyl (C=O) groups is 2. The number of amides is 2. The second-order valence-electron chi connectivity index (χ2n) is 6.75. The third kappa shape index (κ3) is 4.69. The largest absolute Gasteiger partial charge is 0.352 e. The molecule has 6 heteroatoms. The van der Waals surface area contributed by atoms with Gasteiger partial charge in [-0.1, -0.05) is 20.8 Å². The fourth-order valence-corrected chi connectivity index (χ4v) is 2.88. The zero-order valence-electron chi connectivity index (χ0n) is 12.4. The summed E-state index contributed by atoms with van der Waals surface area (Å²) < 4.78 is 0. The van der Waals surface area contributed by atoms with Crippen molar-refractivity contribution in [3.05, 3.63) is 0 Å². The van der Waals surface area contributed by atoms with Crippen molar-refractivity contribution >= 4 is 23.6 Å². The molecule has 1 aliphatic rings. The second-order valence-corrected chi connectivity index (χ2v) is 7.75. The van der Waals surface area contributed by atoms with Crippen LogP contribution in [0.3, 0.4) is 0 Å². The van der Waals surface area contributed by atoms with Crippen LogP contribution in [0, 0.1) is 5.41 Å². The molecule has 1 atom stereocenters. The predicted octanol–water partition coefficient (Wildman–Crippen LogP) is 0.788. The van der Waals surface area contributed by atoms with Crippen LogP contribution < -0.4 is 11.1 Å². The Morgan fingerprint density at radius 1 is 1.32 bits per heavy atom. The molecule has 5 nitrogen and oxygen atoms in total.